The summed E-state index contributed by atoms with van der Waals surface area (Å²) in [5, 5.41) is 9.08. The Hall–Kier alpha value is -2.57. The number of oxazole rings is 1. The summed E-state index contributed by atoms with van der Waals surface area (Å²) in [7, 11) is 0. The molecule has 7 heteroatoms. The van der Waals surface area contributed by atoms with Gasteiger partial charge in [0.2, 0.25) is 5.91 Å². The van der Waals surface area contributed by atoms with E-state index < -0.39 is 11.9 Å². The molecule has 0 unspecified atom stereocenters. The first-order chi connectivity index (χ1) is 12.1. The molecule has 132 valence electrons. The number of hydrogen-bond donors (Lipinski definition) is 1. The number of carbonyl (C=O) groups is 2. The number of benzene rings is 1. The van der Waals surface area contributed by atoms with E-state index >= 15 is 0 Å². The van der Waals surface area contributed by atoms with E-state index in [1.54, 1.807) is 4.90 Å². The largest absolute Gasteiger partial charge is 0.481 e. The van der Waals surface area contributed by atoms with Crippen LogP contribution >= 0.6 is 0 Å². The van der Waals surface area contributed by atoms with Crippen molar-refractivity contribution >= 4 is 29.0 Å². The van der Waals surface area contributed by atoms with Crippen LogP contribution in [0.2, 0.25) is 0 Å². The van der Waals surface area contributed by atoms with E-state index in [1.165, 1.54) is 0 Å². The Morgan fingerprint density at radius 3 is 2.48 bits per heavy atom. The molecule has 0 aliphatic carbocycles. The zero-order valence-electron chi connectivity index (χ0n) is 13.9. The van der Waals surface area contributed by atoms with Crippen molar-refractivity contribution in [1.29, 1.82) is 0 Å². The Morgan fingerprint density at radius 2 is 1.80 bits per heavy atom. The van der Waals surface area contributed by atoms with Crippen LogP contribution in [0.15, 0.2) is 28.7 Å². The molecule has 25 heavy (non-hydrogen) atoms. The van der Waals surface area contributed by atoms with Gasteiger partial charge in [-0.2, -0.15) is 4.98 Å². The second-order valence-electron chi connectivity index (χ2n) is 6.83. The van der Waals surface area contributed by atoms with Gasteiger partial charge in [0.05, 0.1) is 5.92 Å². The predicted octanol–water partition coefficient (Wildman–Crippen LogP) is 1.98. The van der Waals surface area contributed by atoms with Gasteiger partial charge in [0.1, 0.15) is 5.52 Å². The number of carboxylic acids is 1. The molecule has 1 N–H and O–H groups in total. The summed E-state index contributed by atoms with van der Waals surface area (Å²) in [5.41, 5.74) is 1.61. The highest BCUT2D eigenvalue weighted by Gasteiger charge is 2.35. The summed E-state index contributed by atoms with van der Waals surface area (Å²) in [6.07, 6.45) is 2.04. The van der Waals surface area contributed by atoms with E-state index in [-0.39, 0.29) is 11.8 Å². The summed E-state index contributed by atoms with van der Waals surface area (Å²) in [6, 6.07) is 8.28. The van der Waals surface area contributed by atoms with Gasteiger partial charge >= 0.3 is 5.97 Å². The number of rotatable bonds is 3. The number of anilines is 1. The van der Waals surface area contributed by atoms with Gasteiger partial charge in [-0.05, 0) is 31.4 Å². The Labute approximate surface area is 145 Å². The first kappa shape index (κ1) is 15.9. The lowest BCUT2D eigenvalue weighted by Gasteiger charge is -2.32. The van der Waals surface area contributed by atoms with Crippen molar-refractivity contribution in [3.05, 3.63) is 24.3 Å². The quantitative estimate of drug-likeness (QED) is 0.917. The number of piperidine rings is 1. The SMILES string of the molecule is O=C(O)[C@H]1CCN(C(=O)C2CCN(c3nc4ccccc4o3)CC2)C1. The van der Waals surface area contributed by atoms with Crippen molar-refractivity contribution in [2.24, 2.45) is 11.8 Å². The molecular weight excluding hydrogens is 322 g/mol. The average molecular weight is 343 g/mol. The Balaban J connectivity index is 1.36. The zero-order chi connectivity index (χ0) is 17.4. The number of nitrogens with zero attached hydrogens (tertiary/aromatic N) is 3. The number of aromatic nitrogens is 1. The van der Waals surface area contributed by atoms with Crippen LogP contribution < -0.4 is 4.90 Å². The second-order valence-corrected chi connectivity index (χ2v) is 6.83. The van der Waals surface area contributed by atoms with Crippen LogP contribution in [0.5, 0.6) is 0 Å². The molecule has 0 spiro atoms. The minimum absolute atomic E-state index is 0.0341. The van der Waals surface area contributed by atoms with Gasteiger partial charge in [-0.25, -0.2) is 0 Å². The molecule has 7 nitrogen and oxygen atoms in total. The zero-order valence-corrected chi connectivity index (χ0v) is 13.9. The number of para-hydroxylation sites is 2. The van der Waals surface area contributed by atoms with E-state index in [0.29, 0.717) is 25.5 Å². The van der Waals surface area contributed by atoms with Crippen LogP contribution in [0.3, 0.4) is 0 Å². The minimum Gasteiger partial charge on any atom is -0.481 e. The third kappa shape index (κ3) is 3.06. The van der Waals surface area contributed by atoms with Crippen LogP contribution in [-0.2, 0) is 9.59 Å². The number of amides is 1. The lowest BCUT2D eigenvalue weighted by Crippen LogP contribution is -2.42. The highest BCUT2D eigenvalue weighted by molar-refractivity contribution is 5.81. The van der Waals surface area contributed by atoms with E-state index in [9.17, 15) is 9.59 Å². The van der Waals surface area contributed by atoms with Crippen LogP contribution in [0.4, 0.5) is 6.01 Å². The van der Waals surface area contributed by atoms with Crippen molar-refractivity contribution in [3.8, 4) is 0 Å². The fraction of sp³-hybridized carbons (Fsp3) is 0.500. The number of likely N-dealkylation sites (tertiary alicyclic amines) is 1. The van der Waals surface area contributed by atoms with Crippen LogP contribution in [0.1, 0.15) is 19.3 Å². The van der Waals surface area contributed by atoms with E-state index in [1.807, 2.05) is 24.3 Å². The maximum atomic E-state index is 12.6. The maximum absolute atomic E-state index is 12.6. The predicted molar refractivity (Wildman–Crippen MR) is 91.3 cm³/mol. The summed E-state index contributed by atoms with van der Waals surface area (Å²) < 4.78 is 5.80. The fourth-order valence-electron chi connectivity index (χ4n) is 3.73. The molecule has 3 heterocycles. The maximum Gasteiger partial charge on any atom is 0.308 e. The summed E-state index contributed by atoms with van der Waals surface area (Å²) in [5.74, 6) is -1.15. The van der Waals surface area contributed by atoms with Crippen molar-refractivity contribution in [3.63, 3.8) is 0 Å². The van der Waals surface area contributed by atoms with E-state index in [0.717, 1.165) is 37.0 Å². The molecule has 2 aromatic rings. The van der Waals surface area contributed by atoms with Gasteiger partial charge in [-0.15, -0.1) is 0 Å². The normalized spacial score (nSPS) is 21.8. The number of carbonyl (C=O) groups excluding carboxylic acids is 1. The topological polar surface area (TPSA) is 86.9 Å². The highest BCUT2D eigenvalue weighted by atomic mass is 16.4. The van der Waals surface area contributed by atoms with Gasteiger partial charge < -0.3 is 19.3 Å². The van der Waals surface area contributed by atoms with Crippen LogP contribution in [0, 0.1) is 11.8 Å². The van der Waals surface area contributed by atoms with Gasteiger partial charge in [0.15, 0.2) is 5.58 Å². The van der Waals surface area contributed by atoms with Crippen molar-refractivity contribution < 1.29 is 19.1 Å². The molecule has 1 atom stereocenters. The molecule has 0 bridgehead atoms. The molecule has 2 fully saturated rings. The first-order valence-corrected chi connectivity index (χ1v) is 8.74. The highest BCUT2D eigenvalue weighted by Crippen LogP contribution is 2.28. The molecule has 1 aromatic heterocycles. The molecule has 2 aliphatic heterocycles. The number of carboxylic acid groups (broad SMARTS) is 1. The number of aliphatic carboxylic acids is 1. The van der Waals surface area contributed by atoms with Gasteiger partial charge in [0.25, 0.3) is 6.01 Å². The third-order valence-corrected chi connectivity index (χ3v) is 5.25. The smallest absolute Gasteiger partial charge is 0.308 e. The Morgan fingerprint density at radius 1 is 1.08 bits per heavy atom. The minimum atomic E-state index is -0.805. The Kier molecular flexibility index (Phi) is 4.07. The van der Waals surface area contributed by atoms with Crippen molar-refractivity contribution in [1.82, 2.24) is 9.88 Å². The molecule has 0 saturated carbocycles. The standard InChI is InChI=1S/C18H21N3O4/c22-16(21-10-7-13(11-21)17(23)24)12-5-8-20(9-6-12)18-19-14-3-1-2-4-15(14)25-18/h1-4,12-13H,5-11H2,(H,23,24)/t13-/m0/s1. The summed E-state index contributed by atoms with van der Waals surface area (Å²) >= 11 is 0. The lowest BCUT2D eigenvalue weighted by molar-refractivity contribution is -0.141. The third-order valence-electron chi connectivity index (χ3n) is 5.25. The van der Waals surface area contributed by atoms with Gasteiger partial charge in [-0.1, -0.05) is 12.1 Å². The van der Waals surface area contributed by atoms with Gasteiger partial charge in [-0.3, -0.25) is 9.59 Å². The monoisotopic (exact) mass is 343 g/mol. The van der Waals surface area contributed by atoms with E-state index in [4.69, 9.17) is 9.52 Å². The summed E-state index contributed by atoms with van der Waals surface area (Å²) in [6.45, 7) is 2.35. The van der Waals surface area contributed by atoms with Gasteiger partial charge in [0, 0.05) is 32.1 Å². The fourth-order valence-corrected chi connectivity index (χ4v) is 3.73. The molecule has 4 rings (SSSR count). The summed E-state index contributed by atoms with van der Waals surface area (Å²) in [4.78, 5) is 32.0. The number of hydrogen-bond acceptors (Lipinski definition) is 5. The number of fused-ring (bicyclic) bond motifs is 1. The van der Waals surface area contributed by atoms with E-state index in [2.05, 4.69) is 9.88 Å². The molecule has 2 aliphatic rings. The molecule has 1 amide bonds. The lowest BCUT2D eigenvalue weighted by atomic mass is 9.95. The average Bonchev–Trinajstić information content (AvgIpc) is 3.28. The molecule has 2 saturated heterocycles. The van der Waals surface area contributed by atoms with Crippen molar-refractivity contribution in [2.45, 2.75) is 19.3 Å². The van der Waals surface area contributed by atoms with Crippen LogP contribution in [0.25, 0.3) is 11.1 Å². The second kappa shape index (κ2) is 6.38. The first-order valence-electron chi connectivity index (χ1n) is 8.74. The molecular formula is C18H21N3O4. The Bertz CT molecular complexity index is 761. The van der Waals surface area contributed by atoms with Crippen LogP contribution in [-0.4, -0.2) is 53.0 Å². The molecule has 0 radical (unpaired) electrons. The van der Waals surface area contributed by atoms with Crippen molar-refractivity contribution in [2.75, 3.05) is 31.1 Å². The molecule has 1 aromatic carbocycles.